The van der Waals surface area contributed by atoms with Crippen LogP contribution in [-0.4, -0.2) is 0 Å². The monoisotopic (exact) mass is 231 g/mol. The van der Waals surface area contributed by atoms with E-state index in [1.807, 2.05) is 24.3 Å². The van der Waals surface area contributed by atoms with Crippen LogP contribution in [-0.2, 0) is 0 Å². The molecule has 0 bridgehead atoms. The first-order valence-electron chi connectivity index (χ1n) is 4.77. The maximum absolute atomic E-state index is 6.04. The molecule has 0 heterocycles. The lowest BCUT2D eigenvalue weighted by Crippen LogP contribution is -2.10. The molecule has 1 nitrogen and oxygen atoms in total. The van der Waals surface area contributed by atoms with Gasteiger partial charge in [0.15, 0.2) is 0 Å². The molecule has 0 radical (unpaired) electrons. The average Bonchev–Trinajstić information content (AvgIpc) is 2.89. The molecule has 1 fully saturated rings. The second-order valence-corrected chi connectivity index (χ2v) is 4.27. The first kappa shape index (κ1) is 11.8. The van der Waals surface area contributed by atoms with Crippen molar-refractivity contribution in [1.82, 2.24) is 0 Å². The molecule has 1 aromatic carbocycles. The number of hydrogen-bond acceptors (Lipinski definition) is 1. The van der Waals surface area contributed by atoms with E-state index in [0.717, 1.165) is 17.4 Å². The van der Waals surface area contributed by atoms with Gasteiger partial charge in [-0.1, -0.05) is 36.6 Å². The number of hydrogen-bond donors (Lipinski definition) is 1. The second kappa shape index (κ2) is 5.01. The summed E-state index contributed by atoms with van der Waals surface area (Å²) in [7, 11) is 0. The molecule has 0 aromatic heterocycles. The van der Waals surface area contributed by atoms with Gasteiger partial charge in [-0.05, 0) is 30.0 Å². The fraction of sp³-hybridized carbons (Fsp3) is 0.455. The highest BCUT2D eigenvalue weighted by Crippen LogP contribution is 2.36. The minimum Gasteiger partial charge on any atom is -0.324 e. The van der Waals surface area contributed by atoms with Gasteiger partial charge >= 0.3 is 0 Å². The van der Waals surface area contributed by atoms with Gasteiger partial charge in [-0.2, -0.15) is 0 Å². The lowest BCUT2D eigenvalue weighted by atomic mass is 10.0. The molecule has 2 rings (SSSR count). The van der Waals surface area contributed by atoms with Crippen LogP contribution in [0, 0.1) is 5.92 Å². The van der Waals surface area contributed by atoms with E-state index in [4.69, 9.17) is 17.3 Å². The van der Waals surface area contributed by atoms with Crippen molar-refractivity contribution in [2.24, 2.45) is 11.7 Å². The van der Waals surface area contributed by atoms with Crippen molar-refractivity contribution < 1.29 is 0 Å². The molecule has 3 heteroatoms. The van der Waals surface area contributed by atoms with E-state index in [-0.39, 0.29) is 18.4 Å². The largest absolute Gasteiger partial charge is 0.324 e. The third-order valence-corrected chi connectivity index (χ3v) is 2.83. The Bertz CT molecular complexity index is 280. The second-order valence-electron chi connectivity index (χ2n) is 3.84. The van der Waals surface area contributed by atoms with E-state index in [9.17, 15) is 0 Å². The van der Waals surface area contributed by atoms with Gasteiger partial charge in [-0.3, -0.25) is 0 Å². The Morgan fingerprint density at radius 3 is 2.36 bits per heavy atom. The van der Waals surface area contributed by atoms with Crippen molar-refractivity contribution in [3.63, 3.8) is 0 Å². The molecule has 0 saturated heterocycles. The SMILES string of the molecule is Cl.N[C@@H](CC1CC1)c1ccc(Cl)cc1. The molecule has 1 saturated carbocycles. The Kier molecular flexibility index (Phi) is 4.24. The maximum atomic E-state index is 6.04. The van der Waals surface area contributed by atoms with Crippen molar-refractivity contribution >= 4 is 24.0 Å². The molecule has 0 aliphatic heterocycles. The van der Waals surface area contributed by atoms with Gasteiger partial charge in [0.25, 0.3) is 0 Å². The zero-order valence-electron chi connectivity index (χ0n) is 7.95. The van der Waals surface area contributed by atoms with Gasteiger partial charge in [0, 0.05) is 11.1 Å². The summed E-state index contributed by atoms with van der Waals surface area (Å²) in [6.07, 6.45) is 3.85. The number of nitrogens with two attached hydrogens (primary N) is 1. The molecule has 78 valence electrons. The van der Waals surface area contributed by atoms with E-state index in [0.29, 0.717) is 0 Å². The molecule has 1 aliphatic rings. The molecule has 0 amide bonds. The third kappa shape index (κ3) is 3.16. The van der Waals surface area contributed by atoms with Gasteiger partial charge in [-0.15, -0.1) is 12.4 Å². The lowest BCUT2D eigenvalue weighted by Gasteiger charge is -2.10. The van der Waals surface area contributed by atoms with Crippen LogP contribution in [0.25, 0.3) is 0 Å². The Balaban J connectivity index is 0.000000980. The van der Waals surface area contributed by atoms with E-state index in [1.54, 1.807) is 0 Å². The first-order valence-corrected chi connectivity index (χ1v) is 5.14. The summed E-state index contributed by atoms with van der Waals surface area (Å²) in [6, 6.07) is 8.06. The van der Waals surface area contributed by atoms with Crippen molar-refractivity contribution in [3.8, 4) is 0 Å². The Hall–Kier alpha value is -0.240. The van der Waals surface area contributed by atoms with E-state index in [2.05, 4.69) is 0 Å². The molecule has 1 aliphatic carbocycles. The quantitative estimate of drug-likeness (QED) is 0.847. The highest BCUT2D eigenvalue weighted by molar-refractivity contribution is 6.30. The van der Waals surface area contributed by atoms with Crippen molar-refractivity contribution in [1.29, 1.82) is 0 Å². The lowest BCUT2D eigenvalue weighted by molar-refractivity contribution is 0.597. The Labute approximate surface area is 96.0 Å². The number of benzene rings is 1. The molecule has 0 unspecified atom stereocenters. The zero-order chi connectivity index (χ0) is 9.26. The molecule has 1 atom stereocenters. The predicted octanol–water partition coefficient (Wildman–Crippen LogP) is 3.56. The van der Waals surface area contributed by atoms with Crippen LogP contribution in [0.5, 0.6) is 0 Å². The van der Waals surface area contributed by atoms with Gasteiger partial charge in [-0.25, -0.2) is 0 Å². The van der Waals surface area contributed by atoms with E-state index < -0.39 is 0 Å². The van der Waals surface area contributed by atoms with Gasteiger partial charge in [0.1, 0.15) is 0 Å². The molecule has 0 spiro atoms. The molecule has 2 N–H and O–H groups in total. The summed E-state index contributed by atoms with van der Waals surface area (Å²) < 4.78 is 0. The Morgan fingerprint density at radius 2 is 1.86 bits per heavy atom. The van der Waals surface area contributed by atoms with Crippen LogP contribution >= 0.6 is 24.0 Å². The van der Waals surface area contributed by atoms with Crippen LogP contribution < -0.4 is 5.73 Å². The van der Waals surface area contributed by atoms with E-state index in [1.165, 1.54) is 18.4 Å². The minimum atomic E-state index is 0. The van der Waals surface area contributed by atoms with Gasteiger partial charge in [0.05, 0.1) is 0 Å². The summed E-state index contributed by atoms with van der Waals surface area (Å²) in [6.45, 7) is 0. The van der Waals surface area contributed by atoms with Crippen LogP contribution in [0.15, 0.2) is 24.3 Å². The van der Waals surface area contributed by atoms with Crippen LogP contribution in [0.4, 0.5) is 0 Å². The van der Waals surface area contributed by atoms with Crippen LogP contribution in [0.3, 0.4) is 0 Å². The van der Waals surface area contributed by atoms with Crippen molar-refractivity contribution in [2.75, 3.05) is 0 Å². The highest BCUT2D eigenvalue weighted by Gasteiger charge is 2.24. The highest BCUT2D eigenvalue weighted by atomic mass is 35.5. The summed E-state index contributed by atoms with van der Waals surface area (Å²) in [5.41, 5.74) is 7.25. The van der Waals surface area contributed by atoms with E-state index >= 15 is 0 Å². The molecular formula is C11H15Cl2N. The smallest absolute Gasteiger partial charge is 0.0406 e. The molecular weight excluding hydrogens is 217 g/mol. The maximum Gasteiger partial charge on any atom is 0.0406 e. The third-order valence-electron chi connectivity index (χ3n) is 2.58. The van der Waals surface area contributed by atoms with Gasteiger partial charge < -0.3 is 5.73 Å². The number of rotatable bonds is 3. The van der Waals surface area contributed by atoms with Crippen LogP contribution in [0.1, 0.15) is 30.9 Å². The average molecular weight is 232 g/mol. The predicted molar refractivity (Wildman–Crippen MR) is 63.0 cm³/mol. The normalized spacial score (nSPS) is 17.3. The summed E-state index contributed by atoms with van der Waals surface area (Å²) in [4.78, 5) is 0. The van der Waals surface area contributed by atoms with Crippen molar-refractivity contribution in [2.45, 2.75) is 25.3 Å². The fourth-order valence-corrected chi connectivity index (χ4v) is 1.68. The Morgan fingerprint density at radius 1 is 1.29 bits per heavy atom. The topological polar surface area (TPSA) is 26.0 Å². The van der Waals surface area contributed by atoms with Crippen LogP contribution in [0.2, 0.25) is 5.02 Å². The summed E-state index contributed by atoms with van der Waals surface area (Å²) in [5, 5.41) is 0.780. The molecule has 14 heavy (non-hydrogen) atoms. The zero-order valence-corrected chi connectivity index (χ0v) is 9.52. The standard InChI is InChI=1S/C11H14ClN.ClH/c12-10-5-3-9(4-6-10)11(13)7-8-1-2-8;/h3-6,8,11H,1-2,7,13H2;1H/t11-;/m0./s1. The summed E-state index contributed by atoms with van der Waals surface area (Å²) in [5.74, 6) is 0.880. The summed E-state index contributed by atoms with van der Waals surface area (Å²) >= 11 is 5.79. The first-order chi connectivity index (χ1) is 6.25. The molecule has 1 aromatic rings. The van der Waals surface area contributed by atoms with Gasteiger partial charge in [0.2, 0.25) is 0 Å². The fourth-order valence-electron chi connectivity index (χ4n) is 1.56. The number of halogens is 2. The minimum absolute atomic E-state index is 0. The van der Waals surface area contributed by atoms with Crippen molar-refractivity contribution in [3.05, 3.63) is 34.9 Å².